The van der Waals surface area contributed by atoms with E-state index in [0.29, 0.717) is 5.92 Å². The van der Waals surface area contributed by atoms with Crippen LogP contribution in [0.3, 0.4) is 0 Å². The molecule has 1 fully saturated rings. The summed E-state index contributed by atoms with van der Waals surface area (Å²) in [5, 5.41) is 3.34. The van der Waals surface area contributed by atoms with Crippen molar-refractivity contribution in [3.63, 3.8) is 0 Å². The first-order chi connectivity index (χ1) is 9.06. The van der Waals surface area contributed by atoms with Crippen LogP contribution in [-0.2, 0) is 11.2 Å². The van der Waals surface area contributed by atoms with Crippen molar-refractivity contribution >= 4 is 5.91 Å². The van der Waals surface area contributed by atoms with Crippen LogP contribution in [0.1, 0.15) is 24.0 Å². The van der Waals surface area contributed by atoms with E-state index in [4.69, 9.17) is 0 Å². The Bertz CT molecular complexity index is 442. The van der Waals surface area contributed by atoms with Crippen LogP contribution in [0.2, 0.25) is 0 Å². The van der Waals surface area contributed by atoms with Crippen LogP contribution < -0.4 is 5.32 Å². The first-order valence-corrected chi connectivity index (χ1v) is 7.06. The lowest BCUT2D eigenvalue weighted by Crippen LogP contribution is -2.48. The number of carbonyl (C=O) groups excluding carboxylic acids is 1. The minimum Gasteiger partial charge on any atom is -0.347 e. The van der Waals surface area contributed by atoms with Gasteiger partial charge in [0.2, 0.25) is 5.91 Å². The molecule has 1 aromatic carbocycles. The van der Waals surface area contributed by atoms with E-state index in [9.17, 15) is 4.79 Å². The van der Waals surface area contributed by atoms with Crippen LogP contribution >= 0.6 is 0 Å². The van der Waals surface area contributed by atoms with Gasteiger partial charge in [0.1, 0.15) is 0 Å². The monoisotopic (exact) mass is 260 g/mol. The van der Waals surface area contributed by atoms with Crippen molar-refractivity contribution in [1.82, 2.24) is 10.2 Å². The Morgan fingerprint density at radius 1 is 1.42 bits per heavy atom. The van der Waals surface area contributed by atoms with Gasteiger partial charge in [0.05, 0.1) is 6.04 Å². The molecule has 1 heterocycles. The van der Waals surface area contributed by atoms with Gasteiger partial charge in [-0.2, -0.15) is 0 Å². The number of amides is 1. The summed E-state index contributed by atoms with van der Waals surface area (Å²) < 4.78 is 0. The molecule has 19 heavy (non-hydrogen) atoms. The van der Waals surface area contributed by atoms with Crippen molar-refractivity contribution in [3.05, 3.63) is 35.4 Å². The van der Waals surface area contributed by atoms with Gasteiger partial charge in [-0.25, -0.2) is 0 Å². The fourth-order valence-corrected chi connectivity index (χ4v) is 2.85. The van der Waals surface area contributed by atoms with Gasteiger partial charge in [0, 0.05) is 14.1 Å². The number of hydrogen-bond acceptors (Lipinski definition) is 2. The van der Waals surface area contributed by atoms with Crippen LogP contribution in [-0.4, -0.2) is 37.5 Å². The molecule has 2 unspecified atom stereocenters. The molecule has 0 aromatic heterocycles. The number of hydrogen-bond donors (Lipinski definition) is 1. The predicted octanol–water partition coefficient (Wildman–Crippen LogP) is 1.99. The molecule has 1 saturated heterocycles. The fourth-order valence-electron chi connectivity index (χ4n) is 2.85. The van der Waals surface area contributed by atoms with Gasteiger partial charge in [-0.1, -0.05) is 29.8 Å². The highest BCUT2D eigenvalue weighted by molar-refractivity contribution is 5.81. The Morgan fingerprint density at radius 3 is 2.89 bits per heavy atom. The summed E-state index contributed by atoms with van der Waals surface area (Å²) in [6.07, 6.45) is 3.19. The maximum absolute atomic E-state index is 12.0. The largest absolute Gasteiger partial charge is 0.347 e. The summed E-state index contributed by atoms with van der Waals surface area (Å²) in [5.74, 6) is 0.811. The second-order valence-corrected chi connectivity index (χ2v) is 5.82. The zero-order valence-corrected chi connectivity index (χ0v) is 12.1. The summed E-state index contributed by atoms with van der Waals surface area (Å²) in [6.45, 7) is 3.07. The van der Waals surface area contributed by atoms with Crippen molar-refractivity contribution in [2.45, 2.75) is 32.2 Å². The van der Waals surface area contributed by atoms with Gasteiger partial charge in [-0.05, 0) is 44.2 Å². The summed E-state index contributed by atoms with van der Waals surface area (Å²) in [4.78, 5) is 13.7. The molecule has 2 atom stereocenters. The molecular formula is C16H24N2O. The number of aryl methyl sites for hydroxylation is 1. The maximum atomic E-state index is 12.0. The Kier molecular flexibility index (Phi) is 4.59. The number of likely N-dealkylation sites (N-methyl/N-ethyl adjacent to an activating group) is 1. The highest BCUT2D eigenvalue weighted by Crippen LogP contribution is 2.22. The van der Waals surface area contributed by atoms with Gasteiger partial charge in [0.15, 0.2) is 0 Å². The second kappa shape index (κ2) is 6.20. The lowest BCUT2D eigenvalue weighted by atomic mass is 9.86. The van der Waals surface area contributed by atoms with Crippen LogP contribution in [0.25, 0.3) is 0 Å². The third-order valence-electron chi connectivity index (χ3n) is 3.86. The first kappa shape index (κ1) is 14.1. The van der Waals surface area contributed by atoms with E-state index in [1.54, 1.807) is 4.90 Å². The minimum absolute atomic E-state index is 0.00133. The van der Waals surface area contributed by atoms with E-state index in [-0.39, 0.29) is 11.9 Å². The molecule has 1 aromatic rings. The molecule has 104 valence electrons. The normalized spacial score (nSPS) is 23.1. The molecular weight excluding hydrogens is 236 g/mol. The van der Waals surface area contributed by atoms with Crippen molar-refractivity contribution in [1.29, 1.82) is 0 Å². The van der Waals surface area contributed by atoms with Crippen molar-refractivity contribution in [3.8, 4) is 0 Å². The lowest BCUT2D eigenvalue weighted by molar-refractivity contribution is -0.131. The van der Waals surface area contributed by atoms with E-state index < -0.39 is 0 Å². The van der Waals surface area contributed by atoms with Crippen LogP contribution in [0, 0.1) is 12.8 Å². The van der Waals surface area contributed by atoms with Crippen molar-refractivity contribution in [2.24, 2.45) is 5.92 Å². The summed E-state index contributed by atoms with van der Waals surface area (Å²) in [5.41, 5.74) is 2.70. The van der Waals surface area contributed by atoms with Crippen LogP contribution in [0.4, 0.5) is 0 Å². The summed E-state index contributed by atoms with van der Waals surface area (Å²) >= 11 is 0. The number of piperidine rings is 1. The molecule has 0 radical (unpaired) electrons. The Balaban J connectivity index is 1.96. The van der Waals surface area contributed by atoms with Crippen molar-refractivity contribution in [2.75, 3.05) is 20.6 Å². The number of benzene rings is 1. The zero-order chi connectivity index (χ0) is 13.8. The van der Waals surface area contributed by atoms with Gasteiger partial charge < -0.3 is 10.2 Å². The molecule has 0 bridgehead atoms. The molecule has 0 aliphatic carbocycles. The Morgan fingerprint density at radius 2 is 2.21 bits per heavy atom. The number of carbonyl (C=O) groups is 1. The molecule has 0 saturated carbocycles. The third kappa shape index (κ3) is 3.80. The van der Waals surface area contributed by atoms with Crippen molar-refractivity contribution < 1.29 is 4.79 Å². The number of nitrogens with one attached hydrogen (secondary N) is 1. The first-order valence-electron chi connectivity index (χ1n) is 7.06. The van der Waals surface area contributed by atoms with Gasteiger partial charge >= 0.3 is 0 Å². The van der Waals surface area contributed by atoms with E-state index in [2.05, 4.69) is 36.5 Å². The van der Waals surface area contributed by atoms with E-state index in [1.165, 1.54) is 11.1 Å². The van der Waals surface area contributed by atoms with E-state index in [1.807, 2.05) is 14.1 Å². The van der Waals surface area contributed by atoms with E-state index in [0.717, 1.165) is 25.8 Å². The number of nitrogens with zero attached hydrogens (tertiary/aromatic N) is 1. The maximum Gasteiger partial charge on any atom is 0.239 e. The molecule has 2 rings (SSSR count). The van der Waals surface area contributed by atoms with Crippen LogP contribution in [0.15, 0.2) is 24.3 Å². The van der Waals surface area contributed by atoms with Crippen LogP contribution in [0.5, 0.6) is 0 Å². The molecule has 0 spiro atoms. The smallest absolute Gasteiger partial charge is 0.239 e. The molecule has 3 nitrogen and oxygen atoms in total. The van der Waals surface area contributed by atoms with E-state index >= 15 is 0 Å². The van der Waals surface area contributed by atoms with Gasteiger partial charge in [-0.3, -0.25) is 4.79 Å². The fraction of sp³-hybridized carbons (Fsp3) is 0.562. The molecule has 1 aliphatic rings. The number of rotatable bonds is 3. The zero-order valence-electron chi connectivity index (χ0n) is 12.1. The molecule has 3 heteroatoms. The Hall–Kier alpha value is -1.35. The second-order valence-electron chi connectivity index (χ2n) is 5.82. The quantitative estimate of drug-likeness (QED) is 0.901. The van der Waals surface area contributed by atoms with Gasteiger partial charge in [0.25, 0.3) is 0 Å². The topological polar surface area (TPSA) is 32.3 Å². The molecule has 1 aliphatic heterocycles. The average Bonchev–Trinajstić information content (AvgIpc) is 2.38. The lowest BCUT2D eigenvalue weighted by Gasteiger charge is -2.31. The molecule has 1 amide bonds. The predicted molar refractivity (Wildman–Crippen MR) is 78.1 cm³/mol. The standard InChI is InChI=1S/C16H24N2O/c1-12-5-4-6-13(9-12)10-14-7-8-17-15(11-14)16(19)18(2)3/h4-6,9,14-15,17H,7-8,10-11H2,1-3H3. The average molecular weight is 260 g/mol. The minimum atomic E-state index is -0.00133. The highest BCUT2D eigenvalue weighted by atomic mass is 16.2. The third-order valence-corrected chi connectivity index (χ3v) is 3.86. The summed E-state index contributed by atoms with van der Waals surface area (Å²) in [7, 11) is 3.66. The van der Waals surface area contributed by atoms with Gasteiger partial charge in [-0.15, -0.1) is 0 Å². The highest BCUT2D eigenvalue weighted by Gasteiger charge is 2.27. The SMILES string of the molecule is Cc1cccc(CC2CCNC(C(=O)N(C)C)C2)c1. The Labute approximate surface area is 116 Å². The summed E-state index contributed by atoms with van der Waals surface area (Å²) in [6, 6.07) is 8.69. The molecule has 1 N–H and O–H groups in total.